The van der Waals surface area contributed by atoms with Gasteiger partial charge in [-0.1, -0.05) is 23.1 Å². The maximum atomic E-state index is 12.3. The summed E-state index contributed by atoms with van der Waals surface area (Å²) in [6.07, 6.45) is 3.76. The number of benzene rings is 1. The van der Waals surface area contributed by atoms with Crippen molar-refractivity contribution in [2.24, 2.45) is 0 Å². The number of carbonyl (C=O) groups excluding carboxylic acids is 2. The Bertz CT molecular complexity index is 1010. The van der Waals surface area contributed by atoms with Crippen LogP contribution in [0.4, 0.5) is 5.13 Å². The van der Waals surface area contributed by atoms with E-state index in [2.05, 4.69) is 20.5 Å². The van der Waals surface area contributed by atoms with Gasteiger partial charge < -0.3 is 10.1 Å². The first-order chi connectivity index (χ1) is 13.6. The van der Waals surface area contributed by atoms with Crippen molar-refractivity contribution < 1.29 is 14.3 Å². The van der Waals surface area contributed by atoms with E-state index >= 15 is 0 Å². The Morgan fingerprint density at radius 3 is 2.89 bits per heavy atom. The van der Waals surface area contributed by atoms with E-state index in [1.165, 1.54) is 23.1 Å². The third kappa shape index (κ3) is 3.92. The van der Waals surface area contributed by atoms with Crippen molar-refractivity contribution in [3.63, 3.8) is 0 Å². The van der Waals surface area contributed by atoms with Gasteiger partial charge in [-0.3, -0.25) is 14.2 Å². The molecule has 4 rings (SSSR count). The first-order valence-corrected chi connectivity index (χ1v) is 10.4. The summed E-state index contributed by atoms with van der Waals surface area (Å²) in [4.78, 5) is 29.3. The average molecular weight is 416 g/mol. The molecule has 0 spiro atoms. The van der Waals surface area contributed by atoms with Gasteiger partial charge in [-0.25, -0.2) is 4.98 Å². The maximum Gasteiger partial charge on any atom is 0.236 e. The number of anilines is 1. The third-order valence-corrected chi connectivity index (χ3v) is 6.21. The average Bonchev–Trinajstić information content (AvgIpc) is 3.34. The molecule has 1 aliphatic carbocycles. The molecule has 3 aromatic rings. The zero-order valence-corrected chi connectivity index (χ0v) is 16.7. The molecule has 144 valence electrons. The quantitative estimate of drug-likeness (QED) is 0.618. The summed E-state index contributed by atoms with van der Waals surface area (Å²) >= 11 is 2.53. The van der Waals surface area contributed by atoms with E-state index in [4.69, 9.17) is 4.74 Å². The van der Waals surface area contributed by atoms with E-state index in [1.54, 1.807) is 18.0 Å². The summed E-state index contributed by atoms with van der Waals surface area (Å²) in [6.45, 7) is 0. The van der Waals surface area contributed by atoms with Gasteiger partial charge in [-0.05, 0) is 37.1 Å². The van der Waals surface area contributed by atoms with E-state index in [0.717, 1.165) is 30.0 Å². The standard InChI is InChI=1S/C18H17N5O3S2/c1-26-12-7-5-11(6-8-12)23-10-19-22-18(23)27-9-15(25)21-17-20-13-3-2-4-14(24)16(13)28-17/h5-8,10H,2-4,9H2,1H3,(H,20,21,25). The van der Waals surface area contributed by atoms with Crippen molar-refractivity contribution in [1.29, 1.82) is 0 Å². The van der Waals surface area contributed by atoms with Crippen molar-refractivity contribution >= 4 is 39.9 Å². The Labute approximate surface area is 169 Å². The minimum atomic E-state index is -0.201. The molecule has 0 saturated heterocycles. The number of aromatic nitrogens is 4. The number of amides is 1. The van der Waals surface area contributed by atoms with Crippen LogP contribution >= 0.6 is 23.1 Å². The highest BCUT2D eigenvalue weighted by Crippen LogP contribution is 2.30. The van der Waals surface area contributed by atoms with Crippen molar-refractivity contribution in [2.45, 2.75) is 24.4 Å². The predicted molar refractivity (Wildman–Crippen MR) is 107 cm³/mol. The van der Waals surface area contributed by atoms with Gasteiger partial charge >= 0.3 is 0 Å². The smallest absolute Gasteiger partial charge is 0.236 e. The molecule has 10 heteroatoms. The number of hydrogen-bond acceptors (Lipinski definition) is 8. The number of ketones is 1. The fraction of sp³-hybridized carbons (Fsp3) is 0.278. The van der Waals surface area contributed by atoms with Crippen LogP contribution in [-0.4, -0.2) is 44.3 Å². The maximum absolute atomic E-state index is 12.3. The molecule has 0 saturated carbocycles. The lowest BCUT2D eigenvalue weighted by molar-refractivity contribution is -0.113. The molecule has 1 amide bonds. The summed E-state index contributed by atoms with van der Waals surface area (Å²) in [6, 6.07) is 7.48. The number of thiazole rings is 1. The van der Waals surface area contributed by atoms with E-state index in [-0.39, 0.29) is 17.4 Å². The Morgan fingerprint density at radius 2 is 2.14 bits per heavy atom. The third-order valence-electron chi connectivity index (χ3n) is 4.21. The van der Waals surface area contributed by atoms with Crippen LogP contribution in [-0.2, 0) is 11.2 Å². The monoisotopic (exact) mass is 415 g/mol. The fourth-order valence-electron chi connectivity index (χ4n) is 2.85. The molecule has 2 aromatic heterocycles. The molecule has 0 aliphatic heterocycles. The van der Waals surface area contributed by atoms with Crippen LogP contribution in [0.15, 0.2) is 35.7 Å². The first kappa shape index (κ1) is 18.6. The van der Waals surface area contributed by atoms with Gasteiger partial charge in [0.2, 0.25) is 5.91 Å². The minimum Gasteiger partial charge on any atom is -0.497 e. The number of ether oxygens (including phenoxy) is 1. The molecule has 1 aromatic carbocycles. The summed E-state index contributed by atoms with van der Waals surface area (Å²) < 4.78 is 6.97. The van der Waals surface area contributed by atoms with Crippen LogP contribution in [0.5, 0.6) is 5.75 Å². The molecule has 1 N–H and O–H groups in total. The van der Waals surface area contributed by atoms with Crippen LogP contribution in [0.3, 0.4) is 0 Å². The van der Waals surface area contributed by atoms with Gasteiger partial charge in [0.25, 0.3) is 0 Å². The van der Waals surface area contributed by atoms with Gasteiger partial charge in [0.05, 0.1) is 23.4 Å². The molecular formula is C18H17N5O3S2. The SMILES string of the molecule is COc1ccc(-n2cnnc2SCC(=O)Nc2nc3c(s2)C(=O)CCC3)cc1. The van der Waals surface area contributed by atoms with Crippen LogP contribution < -0.4 is 10.1 Å². The highest BCUT2D eigenvalue weighted by atomic mass is 32.2. The van der Waals surface area contributed by atoms with E-state index in [1.807, 2.05) is 24.3 Å². The Morgan fingerprint density at radius 1 is 1.32 bits per heavy atom. The van der Waals surface area contributed by atoms with Gasteiger partial charge in [-0.2, -0.15) is 0 Å². The van der Waals surface area contributed by atoms with Crippen LogP contribution in [0.25, 0.3) is 5.69 Å². The second-order valence-corrected chi connectivity index (χ2v) is 8.03. The predicted octanol–water partition coefficient (Wildman–Crippen LogP) is 2.98. The number of fused-ring (bicyclic) bond motifs is 1. The highest BCUT2D eigenvalue weighted by molar-refractivity contribution is 7.99. The van der Waals surface area contributed by atoms with Crippen molar-refractivity contribution in [3.05, 3.63) is 41.2 Å². The molecular weight excluding hydrogens is 398 g/mol. The molecule has 8 nitrogen and oxygen atoms in total. The van der Waals surface area contributed by atoms with E-state index in [9.17, 15) is 9.59 Å². The number of aryl methyl sites for hydroxylation is 1. The minimum absolute atomic E-state index is 0.112. The van der Waals surface area contributed by atoms with Gasteiger partial charge in [0, 0.05) is 12.1 Å². The lowest BCUT2D eigenvalue weighted by Crippen LogP contribution is -2.14. The van der Waals surface area contributed by atoms with E-state index < -0.39 is 0 Å². The molecule has 28 heavy (non-hydrogen) atoms. The number of hydrogen-bond donors (Lipinski definition) is 1. The number of methoxy groups -OCH3 is 1. The first-order valence-electron chi connectivity index (χ1n) is 8.64. The van der Waals surface area contributed by atoms with Gasteiger partial charge in [0.15, 0.2) is 16.1 Å². The Hall–Kier alpha value is -2.72. The van der Waals surface area contributed by atoms with Gasteiger partial charge in [0.1, 0.15) is 12.1 Å². The molecule has 0 bridgehead atoms. The number of rotatable bonds is 6. The normalized spacial score (nSPS) is 13.2. The van der Waals surface area contributed by atoms with Crippen molar-refractivity contribution in [1.82, 2.24) is 19.7 Å². The summed E-state index contributed by atoms with van der Waals surface area (Å²) in [5, 5.41) is 11.9. The number of Topliss-reactive ketones (excluding diaryl/α,β-unsaturated/α-hetero) is 1. The topological polar surface area (TPSA) is 99.0 Å². The molecule has 0 atom stereocenters. The second-order valence-electron chi connectivity index (χ2n) is 6.09. The Balaban J connectivity index is 1.39. The number of nitrogens with zero attached hydrogens (tertiary/aromatic N) is 4. The fourth-order valence-corrected chi connectivity index (χ4v) is 4.57. The molecule has 2 heterocycles. The van der Waals surface area contributed by atoms with Crippen LogP contribution in [0, 0.1) is 0 Å². The molecule has 0 unspecified atom stereocenters. The van der Waals surface area contributed by atoms with Crippen molar-refractivity contribution in [3.8, 4) is 11.4 Å². The molecule has 0 fully saturated rings. The highest BCUT2D eigenvalue weighted by Gasteiger charge is 2.23. The molecule has 1 aliphatic rings. The number of thioether (sulfide) groups is 1. The Kier molecular flexibility index (Phi) is 5.40. The van der Waals surface area contributed by atoms with Crippen LogP contribution in [0.2, 0.25) is 0 Å². The lowest BCUT2D eigenvalue weighted by Gasteiger charge is -2.07. The summed E-state index contributed by atoms with van der Waals surface area (Å²) in [5.41, 5.74) is 1.67. The summed E-state index contributed by atoms with van der Waals surface area (Å²) in [7, 11) is 1.61. The van der Waals surface area contributed by atoms with E-state index in [0.29, 0.717) is 21.6 Å². The number of carbonyl (C=O) groups is 2. The molecule has 0 radical (unpaired) electrons. The van der Waals surface area contributed by atoms with Crippen molar-refractivity contribution in [2.75, 3.05) is 18.2 Å². The zero-order chi connectivity index (χ0) is 19.5. The zero-order valence-electron chi connectivity index (χ0n) is 15.0. The van der Waals surface area contributed by atoms with Gasteiger partial charge in [-0.15, -0.1) is 10.2 Å². The second kappa shape index (κ2) is 8.11. The summed E-state index contributed by atoms with van der Waals surface area (Å²) in [5.74, 6) is 0.830. The lowest BCUT2D eigenvalue weighted by atomic mass is 10.0. The number of nitrogens with one attached hydrogen (secondary N) is 1. The largest absolute Gasteiger partial charge is 0.497 e. The van der Waals surface area contributed by atoms with Crippen LogP contribution in [0.1, 0.15) is 28.2 Å².